The van der Waals surface area contributed by atoms with E-state index in [-0.39, 0.29) is 0 Å². The molecule has 0 saturated carbocycles. The van der Waals surface area contributed by atoms with Crippen LogP contribution in [0.3, 0.4) is 0 Å². The standard InChI is InChI=1S/C43H68O36S2/c1-13-26(47)35(78-80(61,62)63)31(52)24(72-13)10-67-6-16-15(8-70-42-30(51)19(46)3-20(76-42)39(56)57)23(74-21(4-44)28(16)49)12-69-37-33(54)34(55)43(77-38(37)40(58)59)71-9-18-17(29(50)22(5-45)75-41(18)60)7-68-11-25-32(53)36(79-81(64,65)66)27(48)14(2)73-25/h3,13-19,21-36,41-55,60H,4-12H2,1-2H3,(H,56,57)(H,58,59)(H,61,62,63)(H,64,65,66). The van der Waals surface area contributed by atoms with Gasteiger partial charge < -0.3 is 129 Å². The Balaban J connectivity index is 1.19. The third-order valence-corrected chi connectivity index (χ3v) is 15.3. The summed E-state index contributed by atoms with van der Waals surface area (Å²) < 4.78 is 135. The van der Waals surface area contributed by atoms with E-state index in [0.717, 1.165) is 0 Å². The van der Waals surface area contributed by atoms with Gasteiger partial charge in [0.05, 0.1) is 83.4 Å². The van der Waals surface area contributed by atoms with Crippen molar-refractivity contribution in [1.82, 2.24) is 0 Å². The zero-order valence-corrected chi connectivity index (χ0v) is 44.3. The van der Waals surface area contributed by atoms with E-state index in [1.165, 1.54) is 13.8 Å². The Morgan fingerprint density at radius 3 is 1.44 bits per heavy atom. The van der Waals surface area contributed by atoms with Gasteiger partial charge in [0.25, 0.3) is 0 Å². The van der Waals surface area contributed by atoms with Crippen LogP contribution in [-0.2, 0) is 90.9 Å². The number of aliphatic carboxylic acids is 2. The molecular weight excluding hydrogens is 1160 g/mol. The van der Waals surface area contributed by atoms with Crippen LogP contribution in [0.5, 0.6) is 0 Å². The molecule has 26 unspecified atom stereocenters. The highest BCUT2D eigenvalue weighted by atomic mass is 32.3. The van der Waals surface area contributed by atoms with Crippen LogP contribution in [0.2, 0.25) is 0 Å². The molecule has 468 valence electrons. The van der Waals surface area contributed by atoms with Crippen LogP contribution >= 0.6 is 0 Å². The Hall–Kier alpha value is -3.28. The highest BCUT2D eigenvalue weighted by molar-refractivity contribution is 7.81. The average Bonchev–Trinajstić information content (AvgIpc) is 3.42. The first-order valence-corrected chi connectivity index (χ1v) is 27.5. The van der Waals surface area contributed by atoms with E-state index in [9.17, 15) is 112 Å². The number of carbonyl (C=O) groups is 2. The van der Waals surface area contributed by atoms with Crippen molar-refractivity contribution in [2.45, 2.75) is 149 Å². The molecule has 6 rings (SSSR count). The monoisotopic (exact) mass is 1220 g/mol. The lowest BCUT2D eigenvalue weighted by Crippen LogP contribution is -2.59. The largest absolute Gasteiger partial charge is 0.488 e. The number of hydrogen-bond acceptors (Lipinski definition) is 32. The summed E-state index contributed by atoms with van der Waals surface area (Å²) in [6.07, 6.45) is -38.3. The van der Waals surface area contributed by atoms with Crippen molar-refractivity contribution in [2.24, 2.45) is 23.7 Å². The van der Waals surface area contributed by atoms with Crippen LogP contribution in [-0.4, -0.2) is 309 Å². The van der Waals surface area contributed by atoms with Gasteiger partial charge >= 0.3 is 32.7 Å². The lowest BCUT2D eigenvalue weighted by atomic mass is 9.79. The number of aliphatic hydroxyl groups is 13. The average molecular weight is 1230 g/mol. The zero-order chi connectivity index (χ0) is 60.2. The van der Waals surface area contributed by atoms with Gasteiger partial charge in [0.1, 0.15) is 92.1 Å². The fourth-order valence-electron chi connectivity index (χ4n) is 9.93. The fraction of sp³-hybridized carbons (Fsp3) is 0.860. The molecule has 0 aromatic carbocycles. The van der Waals surface area contributed by atoms with E-state index in [0.29, 0.717) is 6.08 Å². The highest BCUT2D eigenvalue weighted by Gasteiger charge is 2.52. The second-order valence-corrected chi connectivity index (χ2v) is 21.9. The van der Waals surface area contributed by atoms with Crippen molar-refractivity contribution in [3.05, 3.63) is 23.4 Å². The number of hydrogen-bond donors (Lipinski definition) is 17. The Morgan fingerprint density at radius 2 is 0.975 bits per heavy atom. The van der Waals surface area contributed by atoms with Crippen LogP contribution in [0.15, 0.2) is 23.4 Å². The molecule has 4 saturated heterocycles. The molecule has 4 fully saturated rings. The second kappa shape index (κ2) is 28.3. The third-order valence-electron chi connectivity index (χ3n) is 14.3. The molecule has 0 radical (unpaired) electrons. The number of carboxylic acids is 2. The quantitative estimate of drug-likeness (QED) is 0.0378. The number of ether oxygens (including phenoxy) is 11. The third kappa shape index (κ3) is 16.4. The van der Waals surface area contributed by atoms with Crippen molar-refractivity contribution in [3.8, 4) is 0 Å². The molecule has 0 aliphatic carbocycles. The van der Waals surface area contributed by atoms with Gasteiger partial charge in [-0.05, 0) is 19.9 Å². The van der Waals surface area contributed by atoms with Crippen molar-refractivity contribution >= 4 is 32.7 Å². The maximum Gasteiger partial charge on any atom is 0.397 e. The van der Waals surface area contributed by atoms with Gasteiger partial charge in [0, 0.05) is 23.7 Å². The second-order valence-electron chi connectivity index (χ2n) is 19.8. The van der Waals surface area contributed by atoms with Gasteiger partial charge in [-0.25, -0.2) is 18.0 Å². The Kier molecular flexibility index (Phi) is 23.3. The summed E-state index contributed by atoms with van der Waals surface area (Å²) in [5.74, 6) is -12.1. The molecule has 0 bridgehead atoms. The van der Waals surface area contributed by atoms with Crippen LogP contribution < -0.4 is 0 Å². The molecule has 0 amide bonds. The van der Waals surface area contributed by atoms with Crippen molar-refractivity contribution in [1.29, 1.82) is 0 Å². The maximum atomic E-state index is 12.7. The number of rotatable bonds is 25. The Bertz CT molecular complexity index is 2380. The molecule has 81 heavy (non-hydrogen) atoms. The molecule has 0 spiro atoms. The van der Waals surface area contributed by atoms with Crippen LogP contribution in [0.1, 0.15) is 13.8 Å². The van der Waals surface area contributed by atoms with E-state index in [1.807, 2.05) is 0 Å². The number of aliphatic hydroxyl groups excluding tert-OH is 13. The highest BCUT2D eigenvalue weighted by Crippen LogP contribution is 2.38. The molecule has 36 nitrogen and oxygen atoms in total. The summed E-state index contributed by atoms with van der Waals surface area (Å²) in [4.78, 5) is 24.5. The van der Waals surface area contributed by atoms with Crippen LogP contribution in [0.4, 0.5) is 0 Å². The minimum absolute atomic E-state index is 0.584. The first kappa shape index (κ1) is 66.9. The topological polar surface area (TPSA) is 566 Å². The maximum absolute atomic E-state index is 12.7. The predicted octanol–water partition coefficient (Wildman–Crippen LogP) is -9.46. The van der Waals surface area contributed by atoms with E-state index in [1.54, 1.807) is 0 Å². The molecule has 6 heterocycles. The van der Waals surface area contributed by atoms with Crippen molar-refractivity contribution < 1.29 is 173 Å². The van der Waals surface area contributed by atoms with E-state index < -0.39 is 268 Å². The Morgan fingerprint density at radius 1 is 0.506 bits per heavy atom. The van der Waals surface area contributed by atoms with Crippen LogP contribution in [0.25, 0.3) is 0 Å². The molecule has 38 heteroatoms. The van der Waals surface area contributed by atoms with Gasteiger partial charge in [0.15, 0.2) is 12.0 Å². The summed E-state index contributed by atoms with van der Waals surface area (Å²) in [6, 6.07) is 0. The van der Waals surface area contributed by atoms with Crippen LogP contribution in [0, 0.1) is 23.7 Å². The molecule has 0 aromatic heterocycles. The summed E-state index contributed by atoms with van der Waals surface area (Å²) >= 11 is 0. The first-order valence-electron chi connectivity index (χ1n) is 24.8. The van der Waals surface area contributed by atoms with Gasteiger partial charge in [-0.2, -0.15) is 16.8 Å². The van der Waals surface area contributed by atoms with Crippen molar-refractivity contribution in [3.63, 3.8) is 0 Å². The minimum Gasteiger partial charge on any atom is -0.488 e. The van der Waals surface area contributed by atoms with Crippen molar-refractivity contribution in [2.75, 3.05) is 59.5 Å². The minimum atomic E-state index is -5.23. The predicted molar refractivity (Wildman–Crippen MR) is 249 cm³/mol. The smallest absolute Gasteiger partial charge is 0.397 e. The lowest BCUT2D eigenvalue weighted by molar-refractivity contribution is -0.287. The van der Waals surface area contributed by atoms with Gasteiger partial charge in [-0.1, -0.05) is 0 Å². The lowest BCUT2D eigenvalue weighted by Gasteiger charge is -2.46. The summed E-state index contributed by atoms with van der Waals surface area (Å²) in [6.45, 7) is -4.19. The summed E-state index contributed by atoms with van der Waals surface area (Å²) in [5.41, 5.74) is 0. The molecule has 17 N–H and O–H groups in total. The first-order chi connectivity index (χ1) is 37.9. The SMILES string of the molecule is CC1OC(COCC2C(O)C(CO)OC(O)C2COC2OC(C(=O)O)=C(OCC3OC(CO)C(O)C(COCC4OC(C)C(O)C(OS(=O)(=O)O)C4O)C3COC3OC(C(=O)O)=CC(O)C3O)C(O)C2O)C(O)C(OS(=O)(=O)O)C1O. The summed E-state index contributed by atoms with van der Waals surface area (Å²) in [5, 5.41) is 160. The normalized spacial score (nSPS) is 42.6. The summed E-state index contributed by atoms with van der Waals surface area (Å²) in [7, 11) is -10.4. The van der Waals surface area contributed by atoms with Gasteiger partial charge in [0.2, 0.25) is 24.1 Å². The molecule has 0 aromatic rings. The van der Waals surface area contributed by atoms with Gasteiger partial charge in [-0.15, -0.1) is 0 Å². The van der Waals surface area contributed by atoms with Gasteiger partial charge in [-0.3, -0.25) is 9.11 Å². The molecule has 6 aliphatic heterocycles. The number of carboxylic acid groups (broad SMARTS) is 2. The van der Waals surface area contributed by atoms with E-state index in [4.69, 9.17) is 52.1 Å². The fourth-order valence-corrected chi connectivity index (χ4v) is 10.9. The van der Waals surface area contributed by atoms with E-state index in [2.05, 4.69) is 8.37 Å². The molecular formula is C43H68O36S2. The van der Waals surface area contributed by atoms with E-state index >= 15 is 0 Å². The molecule has 26 atom stereocenters. The Labute approximate surface area is 459 Å². The zero-order valence-electron chi connectivity index (χ0n) is 42.6. The molecule has 6 aliphatic rings.